The van der Waals surface area contributed by atoms with E-state index in [1.165, 1.54) is 17.5 Å². The topological polar surface area (TPSA) is 50.3 Å². The van der Waals surface area contributed by atoms with Gasteiger partial charge < -0.3 is 0 Å². The van der Waals surface area contributed by atoms with E-state index in [1.54, 1.807) is 36.5 Å². The number of benzene rings is 1. The molecule has 0 aliphatic heterocycles. The summed E-state index contributed by atoms with van der Waals surface area (Å²) in [4.78, 5) is 4.21. The monoisotopic (exact) mass is 262 g/mol. The van der Waals surface area contributed by atoms with E-state index in [1.807, 2.05) is 13.0 Å². The second-order valence-electron chi connectivity index (χ2n) is 4.00. The number of hydrogen-bond acceptors (Lipinski definition) is 3. The van der Waals surface area contributed by atoms with Crippen LogP contribution < -0.4 is 4.31 Å². The molecule has 94 valence electrons. The summed E-state index contributed by atoms with van der Waals surface area (Å²) in [5.74, 6) is 0. The third-order valence-electron chi connectivity index (χ3n) is 2.66. The van der Waals surface area contributed by atoms with Gasteiger partial charge in [-0.3, -0.25) is 9.29 Å². The summed E-state index contributed by atoms with van der Waals surface area (Å²) in [7, 11) is -2.00. The average Bonchev–Trinajstić information content (AvgIpc) is 2.39. The van der Waals surface area contributed by atoms with Gasteiger partial charge in [0.15, 0.2) is 0 Å². The quantitative estimate of drug-likeness (QED) is 0.852. The van der Waals surface area contributed by atoms with Crippen LogP contribution in [0.2, 0.25) is 0 Å². The maximum Gasteiger partial charge on any atom is 0.264 e. The number of aromatic nitrogens is 1. The zero-order chi connectivity index (χ0) is 13.2. The predicted octanol–water partition coefficient (Wildman–Crippen LogP) is 2.22. The van der Waals surface area contributed by atoms with Crippen molar-refractivity contribution in [1.29, 1.82) is 0 Å². The highest BCUT2D eigenvalue weighted by atomic mass is 32.2. The highest BCUT2D eigenvalue weighted by Crippen LogP contribution is 2.21. The largest absolute Gasteiger partial charge is 0.268 e. The summed E-state index contributed by atoms with van der Waals surface area (Å²) in [5.41, 5.74) is 1.45. The van der Waals surface area contributed by atoms with Crippen molar-refractivity contribution in [3.05, 3.63) is 54.4 Å². The van der Waals surface area contributed by atoms with Gasteiger partial charge in [-0.05, 0) is 36.8 Å². The van der Waals surface area contributed by atoms with Gasteiger partial charge in [0.05, 0.1) is 16.8 Å². The van der Waals surface area contributed by atoms with Crippen molar-refractivity contribution in [2.75, 3.05) is 11.4 Å². The van der Waals surface area contributed by atoms with Crippen molar-refractivity contribution in [2.24, 2.45) is 0 Å². The second kappa shape index (κ2) is 4.78. The lowest BCUT2D eigenvalue weighted by molar-refractivity contribution is 0.594. The van der Waals surface area contributed by atoms with E-state index in [2.05, 4.69) is 4.98 Å². The zero-order valence-corrected chi connectivity index (χ0v) is 11.1. The Bertz CT molecular complexity index is 639. The lowest BCUT2D eigenvalue weighted by atomic mass is 10.2. The van der Waals surface area contributed by atoms with E-state index >= 15 is 0 Å². The van der Waals surface area contributed by atoms with Gasteiger partial charge in [0.1, 0.15) is 0 Å². The molecule has 0 amide bonds. The van der Waals surface area contributed by atoms with Crippen molar-refractivity contribution in [1.82, 2.24) is 4.98 Å². The van der Waals surface area contributed by atoms with Crippen LogP contribution in [0, 0.1) is 6.92 Å². The lowest BCUT2D eigenvalue weighted by Gasteiger charge is -2.19. The Morgan fingerprint density at radius 3 is 2.56 bits per heavy atom. The van der Waals surface area contributed by atoms with E-state index < -0.39 is 10.0 Å². The molecule has 0 aliphatic rings. The van der Waals surface area contributed by atoms with Gasteiger partial charge in [-0.25, -0.2) is 8.42 Å². The SMILES string of the molecule is Cc1cccc(S(=O)(=O)N(C)c2cccnc2)c1. The molecule has 18 heavy (non-hydrogen) atoms. The number of aryl methyl sites for hydroxylation is 1. The van der Waals surface area contributed by atoms with Crippen molar-refractivity contribution in [3.63, 3.8) is 0 Å². The molecule has 0 unspecified atom stereocenters. The van der Waals surface area contributed by atoms with E-state index in [4.69, 9.17) is 0 Å². The molecule has 1 aromatic carbocycles. The molecule has 0 spiro atoms. The first-order valence-corrected chi connectivity index (χ1v) is 6.91. The number of sulfonamides is 1. The zero-order valence-electron chi connectivity index (χ0n) is 10.2. The first-order valence-electron chi connectivity index (χ1n) is 5.47. The average molecular weight is 262 g/mol. The minimum atomic E-state index is -3.52. The third kappa shape index (κ3) is 2.36. The Labute approximate surface area is 107 Å². The van der Waals surface area contributed by atoms with Crippen LogP contribution in [0.15, 0.2) is 53.7 Å². The lowest BCUT2D eigenvalue weighted by Crippen LogP contribution is -2.26. The molecule has 0 aliphatic carbocycles. The van der Waals surface area contributed by atoms with Gasteiger partial charge in [-0.15, -0.1) is 0 Å². The molecule has 1 aromatic heterocycles. The first-order chi connectivity index (χ1) is 8.51. The number of rotatable bonds is 3. The van der Waals surface area contributed by atoms with Crippen molar-refractivity contribution >= 4 is 15.7 Å². The first kappa shape index (κ1) is 12.6. The van der Waals surface area contributed by atoms with Crippen molar-refractivity contribution in [3.8, 4) is 0 Å². The minimum Gasteiger partial charge on any atom is -0.268 e. The molecular weight excluding hydrogens is 248 g/mol. The van der Waals surface area contributed by atoms with Crippen LogP contribution in [-0.4, -0.2) is 20.4 Å². The Kier molecular flexibility index (Phi) is 3.34. The molecule has 0 atom stereocenters. The third-order valence-corrected chi connectivity index (χ3v) is 4.44. The number of nitrogens with zero attached hydrogens (tertiary/aromatic N) is 2. The van der Waals surface area contributed by atoms with Gasteiger partial charge in [0, 0.05) is 13.2 Å². The van der Waals surface area contributed by atoms with Gasteiger partial charge in [-0.1, -0.05) is 12.1 Å². The second-order valence-corrected chi connectivity index (χ2v) is 5.97. The summed E-state index contributed by atoms with van der Waals surface area (Å²) in [6, 6.07) is 10.3. The number of anilines is 1. The molecular formula is C13H14N2O2S. The molecule has 0 N–H and O–H groups in total. The van der Waals surface area contributed by atoms with E-state index in [0.717, 1.165) is 5.56 Å². The summed E-state index contributed by atoms with van der Waals surface area (Å²) < 4.78 is 26.0. The molecule has 1 heterocycles. The predicted molar refractivity (Wildman–Crippen MR) is 71.0 cm³/mol. The summed E-state index contributed by atoms with van der Waals surface area (Å²) >= 11 is 0. The summed E-state index contributed by atoms with van der Waals surface area (Å²) in [5, 5.41) is 0. The molecule has 0 bridgehead atoms. The van der Waals surface area contributed by atoms with Gasteiger partial charge in [0.25, 0.3) is 10.0 Å². The number of hydrogen-bond donors (Lipinski definition) is 0. The molecule has 0 saturated heterocycles. The fourth-order valence-corrected chi connectivity index (χ4v) is 2.90. The van der Waals surface area contributed by atoms with E-state index in [-0.39, 0.29) is 4.90 Å². The van der Waals surface area contributed by atoms with Gasteiger partial charge >= 0.3 is 0 Å². The smallest absolute Gasteiger partial charge is 0.264 e. The van der Waals surface area contributed by atoms with Crippen LogP contribution in [0.3, 0.4) is 0 Å². The van der Waals surface area contributed by atoms with Gasteiger partial charge in [-0.2, -0.15) is 0 Å². The molecule has 0 fully saturated rings. The van der Waals surface area contributed by atoms with Crippen LogP contribution in [0.1, 0.15) is 5.56 Å². The molecule has 0 saturated carbocycles. The highest BCUT2D eigenvalue weighted by molar-refractivity contribution is 7.92. The Balaban J connectivity index is 2.44. The maximum atomic E-state index is 12.4. The number of pyridine rings is 1. The molecule has 2 aromatic rings. The van der Waals surface area contributed by atoms with Crippen LogP contribution in [0.25, 0.3) is 0 Å². The van der Waals surface area contributed by atoms with Crippen LogP contribution in [-0.2, 0) is 10.0 Å². The van der Waals surface area contributed by atoms with E-state index in [0.29, 0.717) is 5.69 Å². The van der Waals surface area contributed by atoms with E-state index in [9.17, 15) is 8.42 Å². The van der Waals surface area contributed by atoms with Gasteiger partial charge in [0.2, 0.25) is 0 Å². The maximum absolute atomic E-state index is 12.4. The summed E-state index contributed by atoms with van der Waals surface area (Å²) in [6.07, 6.45) is 3.13. The fraction of sp³-hybridized carbons (Fsp3) is 0.154. The van der Waals surface area contributed by atoms with Crippen molar-refractivity contribution < 1.29 is 8.42 Å². The Hall–Kier alpha value is -1.88. The van der Waals surface area contributed by atoms with Crippen molar-refractivity contribution in [2.45, 2.75) is 11.8 Å². The summed E-state index contributed by atoms with van der Waals surface area (Å²) in [6.45, 7) is 1.86. The Morgan fingerprint density at radius 1 is 1.17 bits per heavy atom. The van der Waals surface area contributed by atoms with Crippen LogP contribution >= 0.6 is 0 Å². The fourth-order valence-electron chi connectivity index (χ4n) is 1.61. The molecule has 0 radical (unpaired) electrons. The standard InChI is InChI=1S/C13H14N2O2S/c1-11-5-3-7-13(9-11)18(16,17)15(2)12-6-4-8-14-10-12/h3-10H,1-2H3. The molecule has 5 heteroatoms. The molecule has 4 nitrogen and oxygen atoms in total. The van der Waals surface area contributed by atoms with Crippen LogP contribution in [0.5, 0.6) is 0 Å². The molecule has 2 rings (SSSR count). The van der Waals surface area contributed by atoms with Crippen LogP contribution in [0.4, 0.5) is 5.69 Å². The normalized spacial score (nSPS) is 11.2. The Morgan fingerprint density at radius 2 is 1.94 bits per heavy atom. The highest BCUT2D eigenvalue weighted by Gasteiger charge is 2.21. The minimum absolute atomic E-state index is 0.286.